The normalized spacial score (nSPS) is 10.7. The largest absolute Gasteiger partial charge is 0.360 e. The third-order valence-corrected chi connectivity index (χ3v) is 2.14. The molecule has 0 atom stereocenters. The van der Waals surface area contributed by atoms with Gasteiger partial charge in [-0.05, 0) is 26.2 Å². The highest BCUT2D eigenvalue weighted by Crippen LogP contribution is 1.99. The van der Waals surface area contributed by atoms with Crippen molar-refractivity contribution in [2.45, 2.75) is 6.42 Å². The van der Waals surface area contributed by atoms with Crippen molar-refractivity contribution in [3.05, 3.63) is 29.6 Å². The van der Waals surface area contributed by atoms with Crippen molar-refractivity contribution in [3.63, 3.8) is 0 Å². The quantitative estimate of drug-likeness (QED) is 0.727. The smallest absolute Gasteiger partial charge is 0.309 e. The number of amides is 1. The maximum Gasteiger partial charge on any atom is 0.360 e. The lowest BCUT2D eigenvalue weighted by Gasteiger charge is -2.08. The Bertz CT molecular complexity index is 336. The molecule has 0 fully saturated rings. The van der Waals surface area contributed by atoms with Crippen LogP contribution in [0.25, 0.3) is 0 Å². The van der Waals surface area contributed by atoms with Crippen LogP contribution < -0.4 is 5.32 Å². The van der Waals surface area contributed by atoms with Crippen LogP contribution in [0.4, 0.5) is 0 Å². The zero-order valence-corrected chi connectivity index (χ0v) is 9.53. The number of rotatable bonds is 4. The number of hydrogen-bond donors (Lipinski definition) is 1. The summed E-state index contributed by atoms with van der Waals surface area (Å²) in [7, 11) is 5.78. The van der Waals surface area contributed by atoms with Crippen LogP contribution in [-0.4, -0.2) is 43.5 Å². The van der Waals surface area contributed by atoms with Gasteiger partial charge >= 0.3 is 5.91 Å². The molecule has 0 bridgehead atoms. The van der Waals surface area contributed by atoms with Gasteiger partial charge in [-0.25, -0.2) is 9.78 Å². The van der Waals surface area contributed by atoms with Crippen LogP contribution >= 0.6 is 0 Å². The monoisotopic (exact) mass is 208 g/mol. The van der Waals surface area contributed by atoms with Crippen LogP contribution in [0.3, 0.4) is 0 Å². The maximum absolute atomic E-state index is 11.4. The van der Waals surface area contributed by atoms with Gasteiger partial charge in [0.1, 0.15) is 0 Å². The van der Waals surface area contributed by atoms with Crippen LogP contribution in [-0.2, 0) is 6.42 Å². The Morgan fingerprint density at radius 1 is 1.47 bits per heavy atom. The first-order valence-electron chi connectivity index (χ1n) is 5.08. The Kier molecular flexibility index (Phi) is 4.39. The third-order valence-electron chi connectivity index (χ3n) is 2.14. The molecule has 1 aromatic rings. The third kappa shape index (κ3) is 3.77. The number of likely N-dealkylation sites (N-methyl/N-ethyl adjacent to an activating group) is 1. The van der Waals surface area contributed by atoms with E-state index < -0.39 is 0 Å². The average molecular weight is 208 g/mol. The van der Waals surface area contributed by atoms with Crippen molar-refractivity contribution in [3.8, 4) is 0 Å². The predicted molar refractivity (Wildman–Crippen MR) is 58.7 cm³/mol. The van der Waals surface area contributed by atoms with Gasteiger partial charge in [0.05, 0.1) is 7.05 Å². The van der Waals surface area contributed by atoms with Gasteiger partial charge in [0.2, 0.25) is 0 Å². The number of quaternary nitrogens is 1. The van der Waals surface area contributed by atoms with E-state index in [0.29, 0.717) is 5.69 Å². The first-order chi connectivity index (χ1) is 7.13. The summed E-state index contributed by atoms with van der Waals surface area (Å²) >= 11 is 0. The number of nitrogens with zero attached hydrogens (tertiary/aromatic N) is 2. The molecule has 4 heteroatoms. The predicted octanol–water partition coefficient (Wildman–Crippen LogP) is -0.481. The van der Waals surface area contributed by atoms with E-state index in [1.165, 1.54) is 5.32 Å². The summed E-state index contributed by atoms with van der Waals surface area (Å²) in [4.78, 5) is 17.8. The molecule has 0 saturated heterocycles. The summed E-state index contributed by atoms with van der Waals surface area (Å²) in [5.74, 6) is -0.0123. The second-order valence-electron chi connectivity index (χ2n) is 3.72. The molecule has 0 aromatic carbocycles. The zero-order valence-electron chi connectivity index (χ0n) is 9.53. The lowest BCUT2D eigenvalue weighted by molar-refractivity contribution is -0.523. The molecule has 0 aliphatic carbocycles. The Morgan fingerprint density at radius 3 is 2.80 bits per heavy atom. The first-order valence-corrected chi connectivity index (χ1v) is 5.08. The Hall–Kier alpha value is -1.26. The van der Waals surface area contributed by atoms with Crippen LogP contribution in [0.1, 0.15) is 16.2 Å². The topological polar surface area (TPSA) is 49.8 Å². The molecule has 0 saturated carbocycles. The SMILES string of the molecule is C[NH2+]C(=O)c1cccc(CCN(C)C)n1. The van der Waals surface area contributed by atoms with Crippen LogP contribution in [0.5, 0.6) is 0 Å². The number of pyridine rings is 1. The van der Waals surface area contributed by atoms with Gasteiger partial charge < -0.3 is 4.90 Å². The Balaban J connectivity index is 2.70. The van der Waals surface area contributed by atoms with Gasteiger partial charge in [-0.1, -0.05) is 6.07 Å². The highest BCUT2D eigenvalue weighted by Gasteiger charge is 2.09. The van der Waals surface area contributed by atoms with Crippen LogP contribution in [0.15, 0.2) is 18.2 Å². The van der Waals surface area contributed by atoms with E-state index in [4.69, 9.17) is 0 Å². The molecule has 0 unspecified atom stereocenters. The number of nitrogens with two attached hydrogens (primary N) is 1. The fourth-order valence-electron chi connectivity index (χ4n) is 1.24. The van der Waals surface area contributed by atoms with Crippen molar-refractivity contribution in [1.29, 1.82) is 0 Å². The average Bonchev–Trinajstić information content (AvgIpc) is 2.25. The molecule has 2 N–H and O–H groups in total. The minimum Gasteiger partial charge on any atom is -0.309 e. The molecule has 4 nitrogen and oxygen atoms in total. The van der Waals surface area contributed by atoms with E-state index in [-0.39, 0.29) is 5.91 Å². The second-order valence-corrected chi connectivity index (χ2v) is 3.72. The van der Waals surface area contributed by atoms with Gasteiger partial charge in [0.25, 0.3) is 0 Å². The minimum atomic E-state index is -0.0123. The molecule has 1 rings (SSSR count). The molecule has 15 heavy (non-hydrogen) atoms. The summed E-state index contributed by atoms with van der Waals surface area (Å²) in [5.41, 5.74) is 1.50. The van der Waals surface area contributed by atoms with E-state index in [1.54, 1.807) is 13.1 Å². The summed E-state index contributed by atoms with van der Waals surface area (Å²) < 4.78 is 0. The lowest BCUT2D eigenvalue weighted by atomic mass is 10.2. The number of carbonyl (C=O) groups excluding carboxylic acids is 1. The highest BCUT2D eigenvalue weighted by molar-refractivity contribution is 5.83. The highest BCUT2D eigenvalue weighted by atomic mass is 16.1. The Labute approximate surface area is 90.3 Å². The van der Waals surface area contributed by atoms with Crippen molar-refractivity contribution in [1.82, 2.24) is 9.88 Å². The van der Waals surface area contributed by atoms with E-state index in [1.807, 2.05) is 26.2 Å². The molecule has 1 heterocycles. The van der Waals surface area contributed by atoms with Crippen LogP contribution in [0.2, 0.25) is 0 Å². The van der Waals surface area contributed by atoms with E-state index in [0.717, 1.165) is 18.7 Å². The van der Waals surface area contributed by atoms with E-state index in [2.05, 4.69) is 9.88 Å². The summed E-state index contributed by atoms with van der Waals surface area (Å²) in [6.45, 7) is 0.945. The number of aromatic nitrogens is 1. The fourth-order valence-corrected chi connectivity index (χ4v) is 1.24. The molecule has 1 aromatic heterocycles. The standard InChI is InChI=1S/C11H17N3O/c1-12-11(15)10-6-4-5-9(13-10)7-8-14(2)3/h4-6H,7-8H2,1-3H3,(H,12,15)/p+1. The zero-order chi connectivity index (χ0) is 11.3. The molecule has 0 aliphatic rings. The molecular formula is C11H18N3O+. The van der Waals surface area contributed by atoms with Gasteiger partial charge in [-0.3, -0.25) is 5.32 Å². The molecule has 0 aliphatic heterocycles. The first kappa shape index (κ1) is 11.8. The summed E-state index contributed by atoms with van der Waals surface area (Å²) in [5, 5.41) is 1.54. The van der Waals surface area contributed by atoms with Crippen molar-refractivity contribution < 1.29 is 10.1 Å². The molecule has 82 valence electrons. The van der Waals surface area contributed by atoms with Gasteiger partial charge in [0, 0.05) is 18.7 Å². The molecule has 0 radical (unpaired) electrons. The minimum absolute atomic E-state index is 0.0123. The molecule has 1 amide bonds. The Morgan fingerprint density at radius 2 is 2.20 bits per heavy atom. The van der Waals surface area contributed by atoms with Crippen molar-refractivity contribution in [2.75, 3.05) is 27.7 Å². The molecule has 0 spiro atoms. The number of carbonyl (C=O) groups is 1. The van der Waals surface area contributed by atoms with Gasteiger partial charge in [-0.2, -0.15) is 0 Å². The van der Waals surface area contributed by atoms with Gasteiger partial charge in [-0.15, -0.1) is 0 Å². The second kappa shape index (κ2) is 5.58. The number of hydrogen-bond acceptors (Lipinski definition) is 3. The molecular weight excluding hydrogens is 190 g/mol. The van der Waals surface area contributed by atoms with E-state index >= 15 is 0 Å². The summed E-state index contributed by atoms with van der Waals surface area (Å²) in [6, 6.07) is 5.59. The van der Waals surface area contributed by atoms with Crippen LogP contribution in [0, 0.1) is 0 Å². The maximum atomic E-state index is 11.4. The van der Waals surface area contributed by atoms with Crippen molar-refractivity contribution >= 4 is 5.91 Å². The summed E-state index contributed by atoms with van der Waals surface area (Å²) in [6.07, 6.45) is 0.873. The number of primary amides is 1. The van der Waals surface area contributed by atoms with Gasteiger partial charge in [0.15, 0.2) is 5.69 Å². The van der Waals surface area contributed by atoms with Crippen molar-refractivity contribution in [2.24, 2.45) is 0 Å². The lowest BCUT2D eigenvalue weighted by Crippen LogP contribution is -2.84. The van der Waals surface area contributed by atoms with E-state index in [9.17, 15) is 4.79 Å². The fraction of sp³-hybridized carbons (Fsp3) is 0.455.